The van der Waals surface area contributed by atoms with Crippen molar-refractivity contribution in [3.8, 4) is 28.4 Å². The van der Waals surface area contributed by atoms with Crippen molar-refractivity contribution in [2.24, 2.45) is 0 Å². The van der Waals surface area contributed by atoms with E-state index >= 15 is 0 Å². The highest BCUT2D eigenvalue weighted by atomic mass is 16.5. The highest BCUT2D eigenvalue weighted by Crippen LogP contribution is 2.28. The van der Waals surface area contributed by atoms with Crippen molar-refractivity contribution in [1.29, 1.82) is 0 Å². The second kappa shape index (κ2) is 9.31. The van der Waals surface area contributed by atoms with Crippen LogP contribution in [0.4, 0.5) is 5.69 Å². The second-order valence-corrected chi connectivity index (χ2v) is 8.20. The van der Waals surface area contributed by atoms with Crippen LogP contribution in [-0.2, 0) is 0 Å². The van der Waals surface area contributed by atoms with Gasteiger partial charge in [-0.15, -0.1) is 0 Å². The number of piperazine rings is 1. The summed E-state index contributed by atoms with van der Waals surface area (Å²) in [5, 5.41) is 14.3. The topological polar surface area (TPSA) is 70.8 Å². The Kier molecular flexibility index (Phi) is 5.91. The first-order valence-corrected chi connectivity index (χ1v) is 11.2. The van der Waals surface area contributed by atoms with Crippen molar-refractivity contribution in [3.63, 3.8) is 0 Å². The molecule has 0 aliphatic carbocycles. The number of phenols is 1. The first kappa shape index (κ1) is 21.6. The Hall–Kier alpha value is -4.26. The van der Waals surface area contributed by atoms with Crippen molar-refractivity contribution in [1.82, 2.24) is 14.7 Å². The summed E-state index contributed by atoms with van der Waals surface area (Å²) in [7, 11) is 1.63. The average molecular weight is 455 g/mol. The van der Waals surface area contributed by atoms with Crippen LogP contribution in [0.2, 0.25) is 0 Å². The minimum atomic E-state index is -0.0367. The van der Waals surface area contributed by atoms with Gasteiger partial charge in [0.2, 0.25) is 0 Å². The van der Waals surface area contributed by atoms with Gasteiger partial charge < -0.3 is 19.6 Å². The van der Waals surface area contributed by atoms with Gasteiger partial charge in [0.15, 0.2) is 0 Å². The molecule has 2 heterocycles. The molecule has 5 rings (SSSR count). The molecule has 0 unspecified atom stereocenters. The third kappa shape index (κ3) is 4.32. The van der Waals surface area contributed by atoms with E-state index in [-0.39, 0.29) is 11.7 Å². The molecule has 1 aromatic heterocycles. The van der Waals surface area contributed by atoms with Gasteiger partial charge in [-0.05, 0) is 48.5 Å². The molecule has 1 saturated heterocycles. The monoisotopic (exact) mass is 454 g/mol. The Labute approximate surface area is 198 Å². The van der Waals surface area contributed by atoms with E-state index in [0.717, 1.165) is 30.0 Å². The van der Waals surface area contributed by atoms with Gasteiger partial charge >= 0.3 is 0 Å². The van der Waals surface area contributed by atoms with Gasteiger partial charge in [0, 0.05) is 43.6 Å². The molecule has 0 spiro atoms. The zero-order valence-corrected chi connectivity index (χ0v) is 19.0. The van der Waals surface area contributed by atoms with Crippen LogP contribution >= 0.6 is 0 Å². The van der Waals surface area contributed by atoms with Gasteiger partial charge in [-0.25, -0.2) is 4.68 Å². The van der Waals surface area contributed by atoms with Gasteiger partial charge in [-0.3, -0.25) is 4.79 Å². The van der Waals surface area contributed by atoms with Crippen LogP contribution in [-0.4, -0.2) is 59.0 Å². The summed E-state index contributed by atoms with van der Waals surface area (Å²) < 4.78 is 7.15. The number of hydrogen-bond donors (Lipinski definition) is 1. The van der Waals surface area contributed by atoms with Gasteiger partial charge in [-0.1, -0.05) is 30.3 Å². The number of carbonyl (C=O) groups is 1. The Balaban J connectivity index is 1.43. The summed E-state index contributed by atoms with van der Waals surface area (Å²) in [4.78, 5) is 17.8. The molecular weight excluding hydrogens is 428 g/mol. The number of methoxy groups -OCH3 is 1. The first-order valence-electron chi connectivity index (χ1n) is 11.2. The number of rotatable bonds is 5. The Morgan fingerprint density at radius 2 is 1.62 bits per heavy atom. The lowest BCUT2D eigenvalue weighted by Crippen LogP contribution is -2.48. The number of aromatic hydroxyl groups is 1. The smallest absolute Gasteiger partial charge is 0.257 e. The van der Waals surface area contributed by atoms with Crippen LogP contribution in [0, 0.1) is 0 Å². The highest BCUT2D eigenvalue weighted by molar-refractivity contribution is 6.00. The van der Waals surface area contributed by atoms with Gasteiger partial charge in [0.25, 0.3) is 5.91 Å². The van der Waals surface area contributed by atoms with Crippen LogP contribution in [0.1, 0.15) is 10.4 Å². The standard InChI is InChI=1S/C27H26N4O3/c1-34-24-9-5-6-20(18-24)26-25(19-31(28-26)22-7-3-2-4-8-22)27(33)30-16-14-29(15-17-30)21-10-12-23(32)13-11-21/h2-13,18-19,32H,14-17H2,1H3. The molecule has 0 saturated carbocycles. The average Bonchev–Trinajstić information content (AvgIpc) is 3.35. The zero-order chi connectivity index (χ0) is 23.5. The predicted octanol–water partition coefficient (Wildman–Crippen LogP) is 4.22. The molecule has 0 atom stereocenters. The summed E-state index contributed by atoms with van der Waals surface area (Å²) in [5.74, 6) is 0.927. The van der Waals surface area contributed by atoms with Gasteiger partial charge in [0.1, 0.15) is 17.2 Å². The highest BCUT2D eigenvalue weighted by Gasteiger charge is 2.27. The van der Waals surface area contributed by atoms with Crippen molar-refractivity contribution in [3.05, 3.63) is 90.6 Å². The summed E-state index contributed by atoms with van der Waals surface area (Å²) in [5.41, 5.74) is 3.96. The fourth-order valence-electron chi connectivity index (χ4n) is 4.23. The van der Waals surface area contributed by atoms with Crippen LogP contribution < -0.4 is 9.64 Å². The van der Waals surface area contributed by atoms with E-state index in [9.17, 15) is 9.90 Å². The normalized spacial score (nSPS) is 13.7. The number of benzene rings is 3. The summed E-state index contributed by atoms with van der Waals surface area (Å²) in [6.07, 6.45) is 1.82. The minimum absolute atomic E-state index is 0.0367. The van der Waals surface area contributed by atoms with Crippen molar-refractivity contribution in [2.45, 2.75) is 0 Å². The molecule has 1 N–H and O–H groups in total. The van der Waals surface area contributed by atoms with E-state index < -0.39 is 0 Å². The van der Waals surface area contributed by atoms with E-state index in [1.165, 1.54) is 0 Å². The van der Waals surface area contributed by atoms with E-state index in [1.807, 2.05) is 77.8 Å². The number of amides is 1. The van der Waals surface area contributed by atoms with Gasteiger partial charge in [0.05, 0.1) is 18.4 Å². The lowest BCUT2D eigenvalue weighted by atomic mass is 10.1. The molecule has 0 radical (unpaired) electrons. The van der Waals surface area contributed by atoms with Crippen LogP contribution in [0.15, 0.2) is 85.1 Å². The molecule has 1 amide bonds. The first-order chi connectivity index (χ1) is 16.6. The molecule has 1 fully saturated rings. The molecule has 1 aliphatic heterocycles. The predicted molar refractivity (Wildman–Crippen MR) is 132 cm³/mol. The fourth-order valence-corrected chi connectivity index (χ4v) is 4.23. The third-order valence-electron chi connectivity index (χ3n) is 6.09. The maximum Gasteiger partial charge on any atom is 0.257 e. The largest absolute Gasteiger partial charge is 0.508 e. The van der Waals surface area contributed by atoms with Gasteiger partial charge in [-0.2, -0.15) is 5.10 Å². The number of anilines is 1. The van der Waals surface area contributed by atoms with Crippen LogP contribution in [0.25, 0.3) is 16.9 Å². The molecule has 3 aromatic carbocycles. The molecule has 0 bridgehead atoms. The molecule has 1 aliphatic rings. The maximum absolute atomic E-state index is 13.7. The van der Waals surface area contributed by atoms with E-state index in [2.05, 4.69) is 4.90 Å². The number of nitrogens with zero attached hydrogens (tertiary/aromatic N) is 4. The molecule has 7 nitrogen and oxygen atoms in total. The molecule has 172 valence electrons. The van der Waals surface area contributed by atoms with E-state index in [0.29, 0.717) is 30.1 Å². The quantitative estimate of drug-likeness (QED) is 0.489. The van der Waals surface area contributed by atoms with Crippen molar-refractivity contribution < 1.29 is 14.6 Å². The lowest BCUT2D eigenvalue weighted by Gasteiger charge is -2.36. The fraction of sp³-hybridized carbons (Fsp3) is 0.185. The lowest BCUT2D eigenvalue weighted by molar-refractivity contribution is 0.0747. The second-order valence-electron chi connectivity index (χ2n) is 8.20. The molecule has 7 heteroatoms. The van der Waals surface area contributed by atoms with Crippen LogP contribution in [0.3, 0.4) is 0 Å². The number of aromatic nitrogens is 2. The Morgan fingerprint density at radius 3 is 2.32 bits per heavy atom. The summed E-state index contributed by atoms with van der Waals surface area (Å²) in [6, 6.07) is 24.6. The van der Waals surface area contributed by atoms with E-state index in [4.69, 9.17) is 9.84 Å². The van der Waals surface area contributed by atoms with E-state index in [1.54, 1.807) is 23.9 Å². The number of hydrogen-bond acceptors (Lipinski definition) is 5. The summed E-state index contributed by atoms with van der Waals surface area (Å²) >= 11 is 0. The third-order valence-corrected chi connectivity index (χ3v) is 6.09. The van der Waals surface area contributed by atoms with Crippen LogP contribution in [0.5, 0.6) is 11.5 Å². The number of ether oxygens (including phenoxy) is 1. The Bertz CT molecular complexity index is 1280. The van der Waals surface area contributed by atoms with Crippen molar-refractivity contribution in [2.75, 3.05) is 38.2 Å². The zero-order valence-electron chi connectivity index (χ0n) is 19.0. The SMILES string of the molecule is COc1cccc(-c2nn(-c3ccccc3)cc2C(=O)N2CCN(c3ccc(O)cc3)CC2)c1. The van der Waals surface area contributed by atoms with Crippen molar-refractivity contribution >= 4 is 11.6 Å². The summed E-state index contributed by atoms with van der Waals surface area (Å²) in [6.45, 7) is 2.65. The molecular formula is C27H26N4O3. The minimum Gasteiger partial charge on any atom is -0.508 e. The number of para-hydroxylation sites is 1. The Morgan fingerprint density at radius 1 is 0.882 bits per heavy atom. The number of carbonyl (C=O) groups excluding carboxylic acids is 1. The molecule has 4 aromatic rings. The number of phenolic OH excluding ortho intramolecular Hbond substituents is 1. The molecule has 34 heavy (non-hydrogen) atoms. The maximum atomic E-state index is 13.7.